The third-order valence-electron chi connectivity index (χ3n) is 4.32. The quantitative estimate of drug-likeness (QED) is 0.798. The van der Waals surface area contributed by atoms with E-state index in [2.05, 4.69) is 41.4 Å². The zero-order chi connectivity index (χ0) is 11.7. The smallest absolute Gasteiger partial charge is 0.0373 e. The van der Waals surface area contributed by atoms with E-state index in [0.29, 0.717) is 6.04 Å². The summed E-state index contributed by atoms with van der Waals surface area (Å²) in [5.74, 6) is 0. The van der Waals surface area contributed by atoms with Gasteiger partial charge in [0, 0.05) is 24.3 Å². The molecule has 0 saturated carbocycles. The van der Waals surface area contributed by atoms with Crippen molar-refractivity contribution in [2.24, 2.45) is 0 Å². The number of para-hydroxylation sites is 1. The maximum atomic E-state index is 3.59. The van der Waals surface area contributed by atoms with Crippen LogP contribution in [0.25, 0.3) is 0 Å². The van der Waals surface area contributed by atoms with Crippen molar-refractivity contribution in [1.82, 2.24) is 4.90 Å². The third-order valence-corrected chi connectivity index (χ3v) is 4.32. The van der Waals surface area contributed by atoms with E-state index in [9.17, 15) is 0 Å². The molecule has 1 saturated heterocycles. The molecule has 17 heavy (non-hydrogen) atoms. The van der Waals surface area contributed by atoms with Crippen LogP contribution in [0.3, 0.4) is 0 Å². The van der Waals surface area contributed by atoms with E-state index < -0.39 is 0 Å². The van der Waals surface area contributed by atoms with Gasteiger partial charge in [0.25, 0.3) is 0 Å². The zero-order valence-corrected chi connectivity index (χ0v) is 10.7. The van der Waals surface area contributed by atoms with Crippen molar-refractivity contribution in [3.8, 4) is 0 Å². The monoisotopic (exact) mass is 230 g/mol. The molecular formula is C15H22N2. The number of fused-ring (bicyclic) bond motifs is 1. The molecule has 2 nitrogen and oxygen atoms in total. The molecule has 2 unspecified atom stereocenters. The summed E-state index contributed by atoms with van der Waals surface area (Å²) in [5, 5.41) is 3.59. The first-order chi connectivity index (χ1) is 8.34. The summed E-state index contributed by atoms with van der Waals surface area (Å²) >= 11 is 0. The van der Waals surface area contributed by atoms with E-state index in [1.165, 1.54) is 43.5 Å². The first-order valence-electron chi connectivity index (χ1n) is 6.92. The molecule has 3 rings (SSSR count). The molecule has 2 heterocycles. The van der Waals surface area contributed by atoms with Crippen molar-refractivity contribution in [3.63, 3.8) is 0 Å². The highest BCUT2D eigenvalue weighted by Gasteiger charge is 2.28. The summed E-state index contributed by atoms with van der Waals surface area (Å²) in [6.07, 6.45) is 5.38. The van der Waals surface area contributed by atoms with Gasteiger partial charge in [-0.1, -0.05) is 24.6 Å². The molecule has 1 fully saturated rings. The Balaban J connectivity index is 1.75. The van der Waals surface area contributed by atoms with Crippen LogP contribution in [0.15, 0.2) is 24.3 Å². The molecule has 0 aromatic heterocycles. The van der Waals surface area contributed by atoms with Crippen LogP contribution in [0.1, 0.15) is 31.7 Å². The topological polar surface area (TPSA) is 15.3 Å². The molecule has 0 amide bonds. The average Bonchev–Trinajstić information content (AvgIpc) is 2.39. The molecule has 0 bridgehead atoms. The fourth-order valence-corrected chi connectivity index (χ4v) is 3.32. The Labute approximate surface area is 104 Å². The van der Waals surface area contributed by atoms with E-state index in [1.54, 1.807) is 0 Å². The minimum absolute atomic E-state index is 0.695. The third kappa shape index (κ3) is 2.19. The van der Waals surface area contributed by atoms with Crippen LogP contribution < -0.4 is 5.32 Å². The van der Waals surface area contributed by atoms with Gasteiger partial charge in [0.1, 0.15) is 0 Å². The summed E-state index contributed by atoms with van der Waals surface area (Å²) < 4.78 is 0. The van der Waals surface area contributed by atoms with Gasteiger partial charge in [0.05, 0.1) is 0 Å². The Morgan fingerprint density at radius 2 is 2.12 bits per heavy atom. The molecule has 1 aromatic rings. The minimum Gasteiger partial charge on any atom is -0.383 e. The zero-order valence-electron chi connectivity index (χ0n) is 10.7. The SMILES string of the molecule is CC1CCCCN1C1CNc2ccccc2C1. The predicted octanol–water partition coefficient (Wildman–Crippen LogP) is 2.90. The normalized spacial score (nSPS) is 29.5. The molecule has 1 aromatic carbocycles. The molecule has 1 N–H and O–H groups in total. The number of piperidine rings is 1. The van der Waals surface area contributed by atoms with E-state index in [4.69, 9.17) is 0 Å². The van der Waals surface area contributed by atoms with Gasteiger partial charge >= 0.3 is 0 Å². The summed E-state index contributed by atoms with van der Waals surface area (Å²) in [7, 11) is 0. The van der Waals surface area contributed by atoms with Gasteiger partial charge in [-0.2, -0.15) is 0 Å². The summed E-state index contributed by atoms with van der Waals surface area (Å²) in [6.45, 7) is 4.79. The van der Waals surface area contributed by atoms with Crippen molar-refractivity contribution in [3.05, 3.63) is 29.8 Å². The highest BCUT2D eigenvalue weighted by Crippen LogP contribution is 2.27. The number of hydrogen-bond donors (Lipinski definition) is 1. The average molecular weight is 230 g/mol. The van der Waals surface area contributed by atoms with E-state index in [-0.39, 0.29) is 0 Å². The number of rotatable bonds is 1. The number of nitrogens with zero attached hydrogens (tertiary/aromatic N) is 1. The number of nitrogens with one attached hydrogen (secondary N) is 1. The fraction of sp³-hybridized carbons (Fsp3) is 0.600. The minimum atomic E-state index is 0.695. The number of hydrogen-bond acceptors (Lipinski definition) is 2. The van der Waals surface area contributed by atoms with Gasteiger partial charge in [-0.05, 0) is 44.4 Å². The standard InChI is InChI=1S/C15H22N2/c1-12-6-4-5-9-17(12)14-10-13-7-2-3-8-15(13)16-11-14/h2-3,7-8,12,14,16H,4-6,9-11H2,1H3. The Hall–Kier alpha value is -1.02. The van der Waals surface area contributed by atoms with Crippen molar-refractivity contribution in [2.45, 2.75) is 44.7 Å². The van der Waals surface area contributed by atoms with Crippen molar-refractivity contribution in [1.29, 1.82) is 0 Å². The first-order valence-corrected chi connectivity index (χ1v) is 6.92. The van der Waals surface area contributed by atoms with Crippen LogP contribution in [-0.4, -0.2) is 30.1 Å². The maximum absolute atomic E-state index is 3.59. The fourth-order valence-electron chi connectivity index (χ4n) is 3.32. The van der Waals surface area contributed by atoms with Gasteiger partial charge in [0.2, 0.25) is 0 Å². The highest BCUT2D eigenvalue weighted by atomic mass is 15.2. The largest absolute Gasteiger partial charge is 0.383 e. The lowest BCUT2D eigenvalue weighted by atomic mass is 9.94. The molecule has 2 heteroatoms. The first kappa shape index (κ1) is 11.1. The van der Waals surface area contributed by atoms with Crippen LogP contribution in [0, 0.1) is 0 Å². The molecule has 2 aliphatic heterocycles. The van der Waals surface area contributed by atoms with Crippen molar-refractivity contribution < 1.29 is 0 Å². The molecule has 0 spiro atoms. The van der Waals surface area contributed by atoms with E-state index in [1.807, 2.05) is 0 Å². The molecule has 92 valence electrons. The Kier molecular flexibility index (Phi) is 3.06. The second-order valence-corrected chi connectivity index (χ2v) is 5.48. The van der Waals surface area contributed by atoms with Crippen LogP contribution >= 0.6 is 0 Å². The lowest BCUT2D eigenvalue weighted by molar-refractivity contribution is 0.109. The number of anilines is 1. The maximum Gasteiger partial charge on any atom is 0.0373 e. The van der Waals surface area contributed by atoms with Gasteiger partial charge < -0.3 is 5.32 Å². The lowest BCUT2D eigenvalue weighted by Gasteiger charge is -2.42. The van der Waals surface area contributed by atoms with Gasteiger partial charge in [-0.25, -0.2) is 0 Å². The van der Waals surface area contributed by atoms with Crippen LogP contribution in [0.4, 0.5) is 5.69 Å². The van der Waals surface area contributed by atoms with Gasteiger partial charge in [-0.15, -0.1) is 0 Å². The Morgan fingerprint density at radius 1 is 1.24 bits per heavy atom. The molecule has 2 atom stereocenters. The van der Waals surface area contributed by atoms with Gasteiger partial charge in [0.15, 0.2) is 0 Å². The summed E-state index contributed by atoms with van der Waals surface area (Å²) in [4.78, 5) is 2.71. The molecule has 0 radical (unpaired) electrons. The van der Waals surface area contributed by atoms with Gasteiger partial charge in [-0.3, -0.25) is 4.90 Å². The van der Waals surface area contributed by atoms with E-state index >= 15 is 0 Å². The number of likely N-dealkylation sites (tertiary alicyclic amines) is 1. The highest BCUT2D eigenvalue weighted by molar-refractivity contribution is 5.53. The van der Waals surface area contributed by atoms with Crippen molar-refractivity contribution in [2.75, 3.05) is 18.4 Å². The molecular weight excluding hydrogens is 208 g/mol. The number of benzene rings is 1. The Bertz CT molecular complexity index is 388. The van der Waals surface area contributed by atoms with Crippen LogP contribution in [-0.2, 0) is 6.42 Å². The Morgan fingerprint density at radius 3 is 3.00 bits per heavy atom. The molecule has 0 aliphatic carbocycles. The lowest BCUT2D eigenvalue weighted by Crippen LogP contribution is -2.50. The summed E-state index contributed by atoms with van der Waals surface area (Å²) in [6, 6.07) is 10.2. The second-order valence-electron chi connectivity index (χ2n) is 5.48. The second kappa shape index (κ2) is 4.69. The van der Waals surface area contributed by atoms with E-state index in [0.717, 1.165) is 12.6 Å². The van der Waals surface area contributed by atoms with Crippen LogP contribution in [0.2, 0.25) is 0 Å². The van der Waals surface area contributed by atoms with Crippen molar-refractivity contribution >= 4 is 5.69 Å². The van der Waals surface area contributed by atoms with Crippen LogP contribution in [0.5, 0.6) is 0 Å². The predicted molar refractivity (Wildman–Crippen MR) is 72.4 cm³/mol. The summed E-state index contributed by atoms with van der Waals surface area (Å²) in [5.41, 5.74) is 2.83. The molecule has 2 aliphatic rings.